The van der Waals surface area contributed by atoms with Crippen LogP contribution in [0.5, 0.6) is 0 Å². The summed E-state index contributed by atoms with van der Waals surface area (Å²) in [5, 5.41) is 2.84. The van der Waals surface area contributed by atoms with Gasteiger partial charge < -0.3 is 5.32 Å². The number of amides is 1. The van der Waals surface area contributed by atoms with Gasteiger partial charge in [0.15, 0.2) is 0 Å². The largest absolute Gasteiger partial charge is 0.356 e. The SMILES string of the molecule is CC1(C)C2CNC(=O)[C@H]21. The number of carbonyl (C=O) groups is 1. The maximum Gasteiger partial charge on any atom is 0.224 e. The molecule has 0 radical (unpaired) electrons. The Hall–Kier alpha value is -0.530. The van der Waals surface area contributed by atoms with Gasteiger partial charge in [0.25, 0.3) is 0 Å². The molecule has 1 N–H and O–H groups in total. The van der Waals surface area contributed by atoms with E-state index in [1.165, 1.54) is 0 Å². The van der Waals surface area contributed by atoms with Gasteiger partial charge in [-0.1, -0.05) is 13.8 Å². The molecular weight excluding hydrogens is 114 g/mol. The number of rotatable bonds is 0. The van der Waals surface area contributed by atoms with E-state index >= 15 is 0 Å². The van der Waals surface area contributed by atoms with Crippen molar-refractivity contribution in [3.05, 3.63) is 0 Å². The summed E-state index contributed by atoms with van der Waals surface area (Å²) in [6, 6.07) is 0. The van der Waals surface area contributed by atoms with E-state index in [0.29, 0.717) is 17.3 Å². The van der Waals surface area contributed by atoms with E-state index in [2.05, 4.69) is 19.2 Å². The summed E-state index contributed by atoms with van der Waals surface area (Å²) in [7, 11) is 0. The fourth-order valence-corrected chi connectivity index (χ4v) is 1.97. The molecule has 2 atom stereocenters. The lowest BCUT2D eigenvalue weighted by atomic mass is 10.1. The lowest BCUT2D eigenvalue weighted by Crippen LogP contribution is -2.24. The third-order valence-corrected chi connectivity index (χ3v) is 2.83. The second kappa shape index (κ2) is 1.15. The molecule has 0 bridgehead atoms. The molecule has 2 rings (SSSR count). The van der Waals surface area contributed by atoms with Crippen LogP contribution in [0.15, 0.2) is 0 Å². The first-order valence-electron chi connectivity index (χ1n) is 3.42. The number of piperidine rings is 1. The highest BCUT2D eigenvalue weighted by Crippen LogP contribution is 2.60. The molecule has 1 heterocycles. The van der Waals surface area contributed by atoms with E-state index in [1.54, 1.807) is 0 Å². The summed E-state index contributed by atoms with van der Waals surface area (Å²) in [4.78, 5) is 10.9. The summed E-state index contributed by atoms with van der Waals surface area (Å²) in [5.41, 5.74) is 0.322. The highest BCUT2D eigenvalue weighted by Gasteiger charge is 2.64. The van der Waals surface area contributed by atoms with Gasteiger partial charge in [0.2, 0.25) is 5.91 Å². The van der Waals surface area contributed by atoms with Crippen LogP contribution < -0.4 is 5.32 Å². The fourth-order valence-electron chi connectivity index (χ4n) is 1.97. The van der Waals surface area contributed by atoms with E-state index in [-0.39, 0.29) is 5.91 Å². The Kier molecular flexibility index (Phi) is 0.675. The average molecular weight is 125 g/mol. The molecule has 9 heavy (non-hydrogen) atoms. The zero-order valence-electron chi connectivity index (χ0n) is 5.77. The third kappa shape index (κ3) is 0.443. The summed E-state index contributed by atoms with van der Waals surface area (Å²) in [6.07, 6.45) is 0. The van der Waals surface area contributed by atoms with Gasteiger partial charge in [0.1, 0.15) is 0 Å². The van der Waals surface area contributed by atoms with Crippen LogP contribution in [0.4, 0.5) is 0 Å². The lowest BCUT2D eigenvalue weighted by Gasteiger charge is -2.06. The summed E-state index contributed by atoms with van der Waals surface area (Å²) in [5.74, 6) is 1.26. The maximum atomic E-state index is 10.9. The summed E-state index contributed by atoms with van der Waals surface area (Å²) < 4.78 is 0. The average Bonchev–Trinajstić information content (AvgIpc) is 2.19. The Balaban J connectivity index is 2.23. The fraction of sp³-hybridized carbons (Fsp3) is 0.857. The van der Waals surface area contributed by atoms with Crippen LogP contribution >= 0.6 is 0 Å². The van der Waals surface area contributed by atoms with Crippen molar-refractivity contribution in [1.29, 1.82) is 0 Å². The molecule has 50 valence electrons. The van der Waals surface area contributed by atoms with Crippen molar-refractivity contribution in [2.45, 2.75) is 13.8 Å². The van der Waals surface area contributed by atoms with Crippen molar-refractivity contribution < 1.29 is 4.79 Å². The molecule has 2 nitrogen and oxygen atoms in total. The Morgan fingerprint density at radius 1 is 1.67 bits per heavy atom. The Labute approximate surface area is 54.6 Å². The Bertz CT molecular complexity index is 174. The van der Waals surface area contributed by atoms with E-state index in [9.17, 15) is 4.79 Å². The topological polar surface area (TPSA) is 29.1 Å². The van der Waals surface area contributed by atoms with Gasteiger partial charge in [0, 0.05) is 12.5 Å². The molecule has 2 aliphatic rings. The normalized spacial score (nSPS) is 44.0. The van der Waals surface area contributed by atoms with E-state index in [1.807, 2.05) is 0 Å². The molecule has 1 unspecified atom stereocenters. The van der Waals surface area contributed by atoms with Crippen LogP contribution in [0.1, 0.15) is 13.8 Å². The van der Waals surface area contributed by atoms with Crippen molar-refractivity contribution in [3.63, 3.8) is 0 Å². The molecule has 0 aromatic carbocycles. The number of hydrogen-bond acceptors (Lipinski definition) is 1. The monoisotopic (exact) mass is 125 g/mol. The van der Waals surface area contributed by atoms with Crippen molar-refractivity contribution in [1.82, 2.24) is 5.32 Å². The number of hydrogen-bond donors (Lipinski definition) is 1. The molecule has 2 heteroatoms. The van der Waals surface area contributed by atoms with Gasteiger partial charge in [-0.05, 0) is 11.3 Å². The molecule has 0 spiro atoms. The zero-order valence-corrected chi connectivity index (χ0v) is 5.77. The third-order valence-electron chi connectivity index (χ3n) is 2.83. The smallest absolute Gasteiger partial charge is 0.224 e. The maximum absolute atomic E-state index is 10.9. The Morgan fingerprint density at radius 3 is 2.56 bits per heavy atom. The van der Waals surface area contributed by atoms with Crippen LogP contribution in [-0.4, -0.2) is 12.5 Å². The van der Waals surface area contributed by atoms with Gasteiger partial charge in [-0.2, -0.15) is 0 Å². The minimum absolute atomic E-state index is 0.269. The highest BCUT2D eigenvalue weighted by atomic mass is 16.2. The van der Waals surface area contributed by atoms with Crippen LogP contribution in [0.25, 0.3) is 0 Å². The number of nitrogens with one attached hydrogen (secondary N) is 1. The van der Waals surface area contributed by atoms with Crippen molar-refractivity contribution in [2.75, 3.05) is 6.54 Å². The Morgan fingerprint density at radius 2 is 2.33 bits per heavy atom. The zero-order chi connectivity index (χ0) is 6.65. The standard InChI is InChI=1S/C7H11NO/c1-7(2)4-3-8-6(9)5(4)7/h4-5H,3H2,1-2H3,(H,8,9)/t4?,5-/m0/s1. The van der Waals surface area contributed by atoms with Crippen molar-refractivity contribution in [3.8, 4) is 0 Å². The molecule has 1 aliphatic heterocycles. The number of fused-ring (bicyclic) bond motifs is 1. The second-order valence-electron chi connectivity index (χ2n) is 3.65. The van der Waals surface area contributed by atoms with Gasteiger partial charge in [-0.3, -0.25) is 4.79 Å². The van der Waals surface area contributed by atoms with Gasteiger partial charge >= 0.3 is 0 Å². The van der Waals surface area contributed by atoms with Gasteiger partial charge in [-0.25, -0.2) is 0 Å². The first-order valence-corrected chi connectivity index (χ1v) is 3.42. The van der Waals surface area contributed by atoms with Crippen LogP contribution in [0.3, 0.4) is 0 Å². The molecule has 2 fully saturated rings. The quantitative estimate of drug-likeness (QED) is 0.498. The molecular formula is C7H11NO. The second-order valence-corrected chi connectivity index (χ2v) is 3.65. The highest BCUT2D eigenvalue weighted by molar-refractivity contribution is 5.86. The molecule has 1 aliphatic carbocycles. The van der Waals surface area contributed by atoms with E-state index < -0.39 is 0 Å². The molecule has 0 aromatic heterocycles. The van der Waals surface area contributed by atoms with E-state index in [0.717, 1.165) is 6.54 Å². The van der Waals surface area contributed by atoms with Crippen LogP contribution in [-0.2, 0) is 4.79 Å². The minimum atomic E-state index is 0.269. The molecule has 0 aromatic rings. The van der Waals surface area contributed by atoms with Crippen molar-refractivity contribution >= 4 is 5.91 Å². The predicted molar refractivity (Wildman–Crippen MR) is 33.8 cm³/mol. The first-order chi connectivity index (χ1) is 4.14. The van der Waals surface area contributed by atoms with Crippen LogP contribution in [0.2, 0.25) is 0 Å². The number of carbonyl (C=O) groups excluding carboxylic acids is 1. The van der Waals surface area contributed by atoms with E-state index in [4.69, 9.17) is 0 Å². The molecule has 1 saturated carbocycles. The first kappa shape index (κ1) is 5.27. The lowest BCUT2D eigenvalue weighted by molar-refractivity contribution is -0.121. The molecule has 1 amide bonds. The summed E-state index contributed by atoms with van der Waals surface area (Å²) in [6.45, 7) is 5.25. The van der Waals surface area contributed by atoms with Crippen molar-refractivity contribution in [2.24, 2.45) is 17.3 Å². The minimum Gasteiger partial charge on any atom is -0.356 e. The van der Waals surface area contributed by atoms with Crippen LogP contribution in [0, 0.1) is 17.3 Å². The molecule has 1 saturated heterocycles. The predicted octanol–water partition coefficient (Wildman–Crippen LogP) is 0.388. The van der Waals surface area contributed by atoms with Gasteiger partial charge in [0.05, 0.1) is 0 Å². The summed E-state index contributed by atoms with van der Waals surface area (Å²) >= 11 is 0. The van der Waals surface area contributed by atoms with Gasteiger partial charge in [-0.15, -0.1) is 0 Å².